The second-order valence-corrected chi connectivity index (χ2v) is 5.99. The summed E-state index contributed by atoms with van der Waals surface area (Å²) in [5.74, 6) is 0. The van der Waals surface area contributed by atoms with E-state index in [1.165, 1.54) is 32.5 Å². The SMILES string of the molecule is CN(C)CCCN(C)CCCNC(C)(C)C. The summed E-state index contributed by atoms with van der Waals surface area (Å²) in [6.07, 6.45) is 2.49. The van der Waals surface area contributed by atoms with Crippen molar-refractivity contribution in [3.05, 3.63) is 0 Å². The molecule has 3 heteroatoms. The zero-order valence-electron chi connectivity index (χ0n) is 12.1. The highest BCUT2D eigenvalue weighted by Gasteiger charge is 2.07. The van der Waals surface area contributed by atoms with Crippen LogP contribution in [-0.4, -0.2) is 62.7 Å². The van der Waals surface area contributed by atoms with E-state index < -0.39 is 0 Å². The van der Waals surface area contributed by atoms with Gasteiger partial charge in [-0.3, -0.25) is 0 Å². The Morgan fingerprint density at radius 1 is 0.875 bits per heavy atom. The summed E-state index contributed by atoms with van der Waals surface area (Å²) < 4.78 is 0. The molecule has 0 radical (unpaired) electrons. The molecule has 0 atom stereocenters. The fourth-order valence-corrected chi connectivity index (χ4v) is 1.58. The van der Waals surface area contributed by atoms with Crippen LogP contribution in [0, 0.1) is 0 Å². The van der Waals surface area contributed by atoms with Crippen LogP contribution in [0.25, 0.3) is 0 Å². The summed E-state index contributed by atoms with van der Waals surface area (Å²) in [6, 6.07) is 0. The minimum Gasteiger partial charge on any atom is -0.312 e. The number of nitrogens with zero attached hydrogens (tertiary/aromatic N) is 2. The lowest BCUT2D eigenvalue weighted by atomic mass is 10.1. The van der Waals surface area contributed by atoms with Crippen LogP contribution in [0.15, 0.2) is 0 Å². The Balaban J connectivity index is 3.34. The standard InChI is InChI=1S/C13H31N3/c1-13(2,3)14-9-7-11-16(6)12-8-10-15(4)5/h14H,7-12H2,1-6H3. The summed E-state index contributed by atoms with van der Waals surface area (Å²) in [5.41, 5.74) is 0.253. The smallest absolute Gasteiger partial charge is 0.00965 e. The second-order valence-electron chi connectivity index (χ2n) is 5.99. The molecular formula is C13H31N3. The van der Waals surface area contributed by atoms with Crippen molar-refractivity contribution >= 4 is 0 Å². The Labute approximate surface area is 102 Å². The summed E-state index contributed by atoms with van der Waals surface area (Å²) in [6.45, 7) is 11.3. The van der Waals surface area contributed by atoms with Gasteiger partial charge < -0.3 is 15.1 Å². The maximum atomic E-state index is 3.52. The molecule has 0 saturated heterocycles. The van der Waals surface area contributed by atoms with E-state index >= 15 is 0 Å². The number of hydrogen-bond acceptors (Lipinski definition) is 3. The van der Waals surface area contributed by atoms with E-state index in [9.17, 15) is 0 Å². The molecule has 1 N–H and O–H groups in total. The first-order valence-electron chi connectivity index (χ1n) is 6.39. The largest absolute Gasteiger partial charge is 0.312 e. The monoisotopic (exact) mass is 229 g/mol. The van der Waals surface area contributed by atoms with Gasteiger partial charge in [-0.25, -0.2) is 0 Å². The molecule has 3 nitrogen and oxygen atoms in total. The average Bonchev–Trinajstić information content (AvgIpc) is 2.10. The minimum atomic E-state index is 0.253. The van der Waals surface area contributed by atoms with Crippen molar-refractivity contribution in [2.45, 2.75) is 39.2 Å². The highest BCUT2D eigenvalue weighted by molar-refractivity contribution is 4.70. The summed E-state index contributed by atoms with van der Waals surface area (Å²) >= 11 is 0. The van der Waals surface area contributed by atoms with Crippen molar-refractivity contribution < 1.29 is 0 Å². The predicted octanol–water partition coefficient (Wildman–Crippen LogP) is 1.65. The van der Waals surface area contributed by atoms with E-state index in [4.69, 9.17) is 0 Å². The third kappa shape index (κ3) is 12.0. The fraction of sp³-hybridized carbons (Fsp3) is 1.00. The van der Waals surface area contributed by atoms with Crippen LogP contribution >= 0.6 is 0 Å². The van der Waals surface area contributed by atoms with Crippen LogP contribution in [0.1, 0.15) is 33.6 Å². The van der Waals surface area contributed by atoms with E-state index in [2.05, 4.69) is 57.0 Å². The molecule has 0 heterocycles. The van der Waals surface area contributed by atoms with Gasteiger partial charge in [0.2, 0.25) is 0 Å². The molecule has 0 aliphatic rings. The Morgan fingerprint density at radius 2 is 1.44 bits per heavy atom. The fourth-order valence-electron chi connectivity index (χ4n) is 1.58. The lowest BCUT2D eigenvalue weighted by Gasteiger charge is -2.22. The normalized spacial score (nSPS) is 12.8. The first-order chi connectivity index (χ1) is 7.31. The Hall–Kier alpha value is -0.120. The Bertz CT molecular complexity index is 161. The average molecular weight is 229 g/mol. The van der Waals surface area contributed by atoms with Gasteiger partial charge in [0, 0.05) is 5.54 Å². The molecule has 0 amide bonds. The van der Waals surface area contributed by atoms with E-state index in [0.29, 0.717) is 0 Å². The van der Waals surface area contributed by atoms with Crippen molar-refractivity contribution in [1.29, 1.82) is 0 Å². The molecule has 98 valence electrons. The Kier molecular flexibility index (Phi) is 7.98. The van der Waals surface area contributed by atoms with Crippen molar-refractivity contribution in [2.24, 2.45) is 0 Å². The van der Waals surface area contributed by atoms with Crippen LogP contribution in [0.5, 0.6) is 0 Å². The van der Waals surface area contributed by atoms with Gasteiger partial charge in [-0.05, 0) is 80.9 Å². The lowest BCUT2D eigenvalue weighted by molar-refractivity contribution is 0.291. The summed E-state index contributed by atoms with van der Waals surface area (Å²) in [5, 5.41) is 3.52. The van der Waals surface area contributed by atoms with Crippen molar-refractivity contribution in [1.82, 2.24) is 15.1 Å². The molecule has 0 aliphatic carbocycles. The molecule has 0 rings (SSSR count). The third-order valence-corrected chi connectivity index (χ3v) is 2.52. The molecule has 0 aromatic carbocycles. The maximum Gasteiger partial charge on any atom is 0.00965 e. The molecule has 0 unspecified atom stereocenters. The lowest BCUT2D eigenvalue weighted by Crippen LogP contribution is -2.37. The Morgan fingerprint density at radius 3 is 1.94 bits per heavy atom. The number of hydrogen-bond donors (Lipinski definition) is 1. The third-order valence-electron chi connectivity index (χ3n) is 2.52. The van der Waals surface area contributed by atoms with Crippen LogP contribution in [0.4, 0.5) is 0 Å². The zero-order valence-corrected chi connectivity index (χ0v) is 12.1. The first-order valence-corrected chi connectivity index (χ1v) is 6.39. The predicted molar refractivity (Wildman–Crippen MR) is 73.0 cm³/mol. The van der Waals surface area contributed by atoms with Gasteiger partial charge in [-0.1, -0.05) is 0 Å². The van der Waals surface area contributed by atoms with Crippen LogP contribution in [-0.2, 0) is 0 Å². The molecule has 0 aromatic heterocycles. The van der Waals surface area contributed by atoms with Crippen molar-refractivity contribution in [2.75, 3.05) is 47.3 Å². The molecular weight excluding hydrogens is 198 g/mol. The number of nitrogens with one attached hydrogen (secondary N) is 1. The van der Waals surface area contributed by atoms with Crippen molar-refractivity contribution in [3.63, 3.8) is 0 Å². The molecule has 0 fully saturated rings. The van der Waals surface area contributed by atoms with Crippen LogP contribution < -0.4 is 5.32 Å². The van der Waals surface area contributed by atoms with Gasteiger partial charge in [0.05, 0.1) is 0 Å². The molecule has 0 aromatic rings. The highest BCUT2D eigenvalue weighted by atomic mass is 15.1. The van der Waals surface area contributed by atoms with Gasteiger partial charge in [-0.15, -0.1) is 0 Å². The summed E-state index contributed by atoms with van der Waals surface area (Å²) in [7, 11) is 6.48. The molecule has 16 heavy (non-hydrogen) atoms. The highest BCUT2D eigenvalue weighted by Crippen LogP contribution is 1.98. The van der Waals surface area contributed by atoms with E-state index in [1.54, 1.807) is 0 Å². The van der Waals surface area contributed by atoms with Crippen LogP contribution in [0.2, 0.25) is 0 Å². The minimum absolute atomic E-state index is 0.253. The number of rotatable bonds is 8. The maximum absolute atomic E-state index is 3.52. The molecule has 0 spiro atoms. The molecule has 0 saturated carbocycles. The van der Waals surface area contributed by atoms with E-state index in [0.717, 1.165) is 6.54 Å². The topological polar surface area (TPSA) is 18.5 Å². The first kappa shape index (κ1) is 15.9. The zero-order chi connectivity index (χ0) is 12.6. The molecule has 0 aliphatic heterocycles. The van der Waals surface area contributed by atoms with Gasteiger partial charge >= 0.3 is 0 Å². The van der Waals surface area contributed by atoms with Gasteiger partial charge in [0.1, 0.15) is 0 Å². The van der Waals surface area contributed by atoms with Gasteiger partial charge in [-0.2, -0.15) is 0 Å². The van der Waals surface area contributed by atoms with Crippen LogP contribution in [0.3, 0.4) is 0 Å². The second kappa shape index (κ2) is 8.04. The van der Waals surface area contributed by atoms with E-state index in [1.807, 2.05) is 0 Å². The summed E-state index contributed by atoms with van der Waals surface area (Å²) in [4.78, 5) is 4.67. The quantitative estimate of drug-likeness (QED) is 0.639. The molecule has 0 bridgehead atoms. The van der Waals surface area contributed by atoms with Crippen molar-refractivity contribution in [3.8, 4) is 0 Å². The van der Waals surface area contributed by atoms with Gasteiger partial charge in [0.25, 0.3) is 0 Å². The van der Waals surface area contributed by atoms with E-state index in [-0.39, 0.29) is 5.54 Å². The van der Waals surface area contributed by atoms with Gasteiger partial charge in [0.15, 0.2) is 0 Å².